The Labute approximate surface area is 188 Å². The van der Waals surface area contributed by atoms with Gasteiger partial charge in [0.25, 0.3) is 5.91 Å². The maximum Gasteiger partial charge on any atom is 0.258 e. The van der Waals surface area contributed by atoms with Gasteiger partial charge in [-0.15, -0.1) is 5.10 Å². The van der Waals surface area contributed by atoms with Crippen molar-refractivity contribution < 1.29 is 14.3 Å². The molecule has 32 heavy (non-hydrogen) atoms. The summed E-state index contributed by atoms with van der Waals surface area (Å²) in [6, 6.07) is 10.6. The molecule has 1 amide bonds. The third-order valence-electron chi connectivity index (χ3n) is 5.87. The Morgan fingerprint density at radius 2 is 1.91 bits per heavy atom. The molecule has 8 nitrogen and oxygen atoms in total. The molecule has 1 N–H and O–H groups in total. The van der Waals surface area contributed by atoms with Gasteiger partial charge in [-0.3, -0.25) is 9.69 Å². The van der Waals surface area contributed by atoms with Crippen molar-refractivity contribution in [1.82, 2.24) is 25.0 Å². The summed E-state index contributed by atoms with van der Waals surface area (Å²) in [6.07, 6.45) is 0. The van der Waals surface area contributed by atoms with Gasteiger partial charge < -0.3 is 14.8 Å². The Morgan fingerprint density at radius 3 is 2.62 bits per heavy atom. The Morgan fingerprint density at radius 1 is 1.19 bits per heavy atom. The molecular formula is C24H31N5O3. The van der Waals surface area contributed by atoms with Gasteiger partial charge in [0.2, 0.25) is 5.88 Å². The molecular weight excluding hydrogens is 406 g/mol. The van der Waals surface area contributed by atoms with Crippen LogP contribution in [0.1, 0.15) is 28.4 Å². The second kappa shape index (κ2) is 9.67. The molecule has 1 aliphatic heterocycles. The zero-order chi connectivity index (χ0) is 22.7. The first-order valence-corrected chi connectivity index (χ1v) is 11.0. The molecule has 1 aromatic carbocycles. The highest BCUT2D eigenvalue weighted by molar-refractivity contribution is 5.85. The van der Waals surface area contributed by atoms with E-state index < -0.39 is 0 Å². The van der Waals surface area contributed by atoms with Crippen molar-refractivity contribution in [3.05, 3.63) is 52.7 Å². The summed E-state index contributed by atoms with van der Waals surface area (Å²) in [5.74, 6) is 0.262. The van der Waals surface area contributed by atoms with Crippen LogP contribution < -0.4 is 10.1 Å². The molecule has 0 radical (unpaired) electrons. The van der Waals surface area contributed by atoms with E-state index in [-0.39, 0.29) is 18.6 Å². The van der Waals surface area contributed by atoms with Crippen molar-refractivity contribution in [2.24, 2.45) is 7.05 Å². The summed E-state index contributed by atoms with van der Waals surface area (Å²) in [5, 5.41) is 8.31. The van der Waals surface area contributed by atoms with Crippen LogP contribution in [0, 0.1) is 20.8 Å². The summed E-state index contributed by atoms with van der Waals surface area (Å²) >= 11 is 0. The number of hydrogen-bond donors (Lipinski definition) is 1. The minimum Gasteiger partial charge on any atom is -0.466 e. The van der Waals surface area contributed by atoms with Crippen LogP contribution in [0.25, 0.3) is 11.0 Å². The lowest BCUT2D eigenvalue weighted by Crippen LogP contribution is -2.44. The molecule has 170 valence electrons. The smallest absolute Gasteiger partial charge is 0.258 e. The van der Waals surface area contributed by atoms with Crippen LogP contribution in [0.5, 0.6) is 5.88 Å². The van der Waals surface area contributed by atoms with Gasteiger partial charge in [0, 0.05) is 32.4 Å². The van der Waals surface area contributed by atoms with Crippen molar-refractivity contribution in [2.75, 3.05) is 39.5 Å². The van der Waals surface area contributed by atoms with Crippen LogP contribution in [0.4, 0.5) is 0 Å². The second-order valence-electron chi connectivity index (χ2n) is 8.38. The van der Waals surface area contributed by atoms with Gasteiger partial charge in [0.05, 0.1) is 24.6 Å². The van der Waals surface area contributed by atoms with Crippen LogP contribution in [0.2, 0.25) is 0 Å². The molecule has 1 unspecified atom stereocenters. The number of carbonyl (C=O) groups is 1. The van der Waals surface area contributed by atoms with Gasteiger partial charge >= 0.3 is 0 Å². The normalized spacial score (nSPS) is 15.6. The highest BCUT2D eigenvalue weighted by Gasteiger charge is 2.23. The highest BCUT2D eigenvalue weighted by atomic mass is 16.5. The quantitative estimate of drug-likeness (QED) is 0.612. The number of rotatable bonds is 7. The predicted molar refractivity (Wildman–Crippen MR) is 123 cm³/mol. The van der Waals surface area contributed by atoms with E-state index >= 15 is 0 Å². The maximum atomic E-state index is 12.6. The third kappa shape index (κ3) is 4.92. The van der Waals surface area contributed by atoms with Crippen molar-refractivity contribution >= 4 is 16.9 Å². The molecule has 3 aromatic rings. The molecule has 0 bridgehead atoms. The van der Waals surface area contributed by atoms with Crippen molar-refractivity contribution in [1.29, 1.82) is 0 Å². The van der Waals surface area contributed by atoms with Crippen LogP contribution in [-0.4, -0.2) is 65.0 Å². The number of amides is 1. The molecule has 1 aliphatic rings. The van der Waals surface area contributed by atoms with Crippen LogP contribution in [0.15, 0.2) is 30.3 Å². The predicted octanol–water partition coefficient (Wildman–Crippen LogP) is 2.46. The summed E-state index contributed by atoms with van der Waals surface area (Å²) in [4.78, 5) is 19.5. The number of nitrogens with zero attached hydrogens (tertiary/aromatic N) is 4. The molecule has 2 aromatic heterocycles. The van der Waals surface area contributed by atoms with Gasteiger partial charge in [-0.2, -0.15) is 0 Å². The van der Waals surface area contributed by atoms with E-state index in [9.17, 15) is 4.79 Å². The van der Waals surface area contributed by atoms with E-state index in [1.807, 2.05) is 27.0 Å². The zero-order valence-electron chi connectivity index (χ0n) is 19.2. The van der Waals surface area contributed by atoms with Gasteiger partial charge in [-0.25, -0.2) is 9.67 Å². The Balaban J connectivity index is 1.41. The molecule has 0 aliphatic carbocycles. The number of aryl methyl sites for hydroxylation is 4. The average Bonchev–Trinajstić information content (AvgIpc) is 3.10. The molecule has 3 heterocycles. The van der Waals surface area contributed by atoms with Gasteiger partial charge in [0.1, 0.15) is 0 Å². The zero-order valence-corrected chi connectivity index (χ0v) is 19.2. The van der Waals surface area contributed by atoms with Crippen LogP contribution >= 0.6 is 0 Å². The summed E-state index contributed by atoms with van der Waals surface area (Å²) in [7, 11) is 1.83. The number of aromatic nitrogens is 3. The van der Waals surface area contributed by atoms with Crippen LogP contribution in [0.3, 0.4) is 0 Å². The van der Waals surface area contributed by atoms with Crippen LogP contribution in [-0.2, 0) is 16.6 Å². The highest BCUT2D eigenvalue weighted by Crippen LogP contribution is 2.27. The van der Waals surface area contributed by atoms with E-state index in [1.54, 1.807) is 4.68 Å². The fraction of sp³-hybridized carbons (Fsp3) is 0.458. The van der Waals surface area contributed by atoms with Gasteiger partial charge in [-0.05, 0) is 38.0 Å². The standard InChI is InChI=1S/C24H31N5O3/c1-16-5-7-19(8-6-16)20(29-9-11-31-12-10-29)14-25-21(30)15-32-24-22-17(2)13-18(3)26-23(22)28(4)27-24/h5-8,13,20H,9-12,14-15H2,1-4H3,(H,25,30). The van der Waals surface area contributed by atoms with Gasteiger partial charge in [0.15, 0.2) is 12.3 Å². The molecule has 8 heteroatoms. The topological polar surface area (TPSA) is 81.5 Å². The lowest BCUT2D eigenvalue weighted by Gasteiger charge is -2.35. The summed E-state index contributed by atoms with van der Waals surface area (Å²) in [6.45, 7) is 9.54. The number of fused-ring (bicyclic) bond motifs is 1. The molecule has 0 spiro atoms. The largest absolute Gasteiger partial charge is 0.466 e. The number of hydrogen-bond acceptors (Lipinski definition) is 6. The number of nitrogens with one attached hydrogen (secondary N) is 1. The Hall–Kier alpha value is -2.97. The third-order valence-corrected chi connectivity index (χ3v) is 5.87. The van der Waals surface area contributed by atoms with E-state index in [1.165, 1.54) is 11.1 Å². The summed E-state index contributed by atoms with van der Waals surface area (Å²) in [5.41, 5.74) is 5.11. The Bertz CT molecular complexity index is 1090. The number of morpholine rings is 1. The SMILES string of the molecule is Cc1ccc(C(CNC(=O)COc2nn(C)c3nc(C)cc(C)c23)N2CCOCC2)cc1. The van der Waals surface area contributed by atoms with Crippen molar-refractivity contribution in [2.45, 2.75) is 26.8 Å². The van der Waals surface area contributed by atoms with Crippen molar-refractivity contribution in [3.8, 4) is 5.88 Å². The number of benzene rings is 1. The lowest BCUT2D eigenvalue weighted by molar-refractivity contribution is -0.123. The molecule has 4 rings (SSSR count). The molecule has 0 saturated carbocycles. The van der Waals surface area contributed by atoms with E-state index in [4.69, 9.17) is 9.47 Å². The van der Waals surface area contributed by atoms with E-state index in [0.717, 1.165) is 35.4 Å². The molecule has 1 atom stereocenters. The maximum absolute atomic E-state index is 12.6. The minimum atomic E-state index is -0.174. The fourth-order valence-electron chi connectivity index (χ4n) is 4.18. The van der Waals surface area contributed by atoms with Crippen molar-refractivity contribution in [3.63, 3.8) is 0 Å². The second-order valence-corrected chi connectivity index (χ2v) is 8.38. The Kier molecular flexibility index (Phi) is 6.72. The first kappa shape index (κ1) is 22.2. The van der Waals surface area contributed by atoms with E-state index in [0.29, 0.717) is 25.6 Å². The van der Waals surface area contributed by atoms with E-state index in [2.05, 4.69) is 51.5 Å². The monoisotopic (exact) mass is 437 g/mol. The fourth-order valence-corrected chi connectivity index (χ4v) is 4.18. The molecule has 1 saturated heterocycles. The number of pyridine rings is 1. The first-order valence-electron chi connectivity index (χ1n) is 11.0. The average molecular weight is 438 g/mol. The lowest BCUT2D eigenvalue weighted by atomic mass is 10.0. The number of ether oxygens (including phenoxy) is 2. The number of carbonyl (C=O) groups excluding carboxylic acids is 1. The first-order chi connectivity index (χ1) is 15.4. The van der Waals surface area contributed by atoms with Gasteiger partial charge in [-0.1, -0.05) is 29.8 Å². The summed E-state index contributed by atoms with van der Waals surface area (Å²) < 4.78 is 13.0. The minimum absolute atomic E-state index is 0.0913. The molecule has 1 fully saturated rings.